The number of ether oxygens (including phenoxy) is 6. The highest BCUT2D eigenvalue weighted by Gasteiger charge is 2.53. The molecule has 0 N–H and O–H groups in total. The van der Waals surface area contributed by atoms with Crippen molar-refractivity contribution in [3.63, 3.8) is 0 Å². The summed E-state index contributed by atoms with van der Waals surface area (Å²) in [5, 5.41) is 8.37. The molecule has 228 valence electrons. The van der Waals surface area contributed by atoms with Crippen LogP contribution in [0.3, 0.4) is 0 Å². The van der Waals surface area contributed by atoms with Gasteiger partial charge in [-0.2, -0.15) is 0 Å². The summed E-state index contributed by atoms with van der Waals surface area (Å²) in [4.78, 5) is 47.8. The van der Waals surface area contributed by atoms with Crippen LogP contribution in [0.25, 0.3) is 0 Å². The topological polar surface area (TPSA) is 154 Å². The van der Waals surface area contributed by atoms with Crippen LogP contribution >= 0.6 is 0 Å². The number of benzene rings is 2. The first-order valence-electron chi connectivity index (χ1n) is 13.5. The van der Waals surface area contributed by atoms with Crippen molar-refractivity contribution in [2.75, 3.05) is 6.61 Å². The average Bonchev–Trinajstić information content (AvgIpc) is 3.43. The molecule has 3 aromatic rings. The van der Waals surface area contributed by atoms with Crippen LogP contribution in [0.15, 0.2) is 66.9 Å². The van der Waals surface area contributed by atoms with Crippen LogP contribution < -0.4 is 0 Å². The smallest absolute Gasteiger partial charge is 0.303 e. The molecular weight excluding hydrogens is 562 g/mol. The zero-order valence-electron chi connectivity index (χ0n) is 24.2. The molecule has 1 saturated heterocycles. The third-order valence-electron chi connectivity index (χ3n) is 6.39. The molecule has 0 unspecified atom stereocenters. The third kappa shape index (κ3) is 8.46. The van der Waals surface area contributed by atoms with E-state index in [2.05, 4.69) is 10.3 Å². The molecule has 0 bridgehead atoms. The zero-order valence-corrected chi connectivity index (χ0v) is 24.2. The number of carbonyl (C=O) groups is 4. The second kappa shape index (κ2) is 14.5. The van der Waals surface area contributed by atoms with Gasteiger partial charge in [0.25, 0.3) is 0 Å². The Morgan fingerprint density at radius 2 is 1.30 bits per heavy atom. The van der Waals surface area contributed by atoms with Crippen LogP contribution in [0.1, 0.15) is 56.8 Å². The summed E-state index contributed by atoms with van der Waals surface area (Å²) in [6.07, 6.45) is -5.08. The van der Waals surface area contributed by atoms with Gasteiger partial charge in [0.05, 0.1) is 12.8 Å². The van der Waals surface area contributed by atoms with E-state index >= 15 is 0 Å². The fraction of sp³-hybridized carbons (Fsp3) is 0.400. The molecule has 5 atom stereocenters. The van der Waals surface area contributed by atoms with Gasteiger partial charge in [0, 0.05) is 27.7 Å². The highest BCUT2D eigenvalue weighted by atomic mass is 16.7. The molecule has 13 nitrogen and oxygen atoms in total. The van der Waals surface area contributed by atoms with Gasteiger partial charge < -0.3 is 28.4 Å². The molecule has 0 amide bonds. The van der Waals surface area contributed by atoms with E-state index < -0.39 is 60.6 Å². The van der Waals surface area contributed by atoms with E-state index in [1.165, 1.54) is 24.7 Å². The zero-order chi connectivity index (χ0) is 30.9. The maximum atomic E-state index is 12.1. The summed E-state index contributed by atoms with van der Waals surface area (Å²) in [5.41, 5.74) is 2.31. The molecule has 4 rings (SSSR count). The predicted octanol–water partition coefficient (Wildman–Crippen LogP) is 2.84. The number of nitrogens with zero attached hydrogens (tertiary/aromatic N) is 3. The van der Waals surface area contributed by atoms with Gasteiger partial charge in [-0.15, -0.1) is 5.10 Å². The minimum Gasteiger partial charge on any atom is -0.463 e. The van der Waals surface area contributed by atoms with E-state index in [0.29, 0.717) is 5.69 Å². The molecule has 0 saturated carbocycles. The van der Waals surface area contributed by atoms with Crippen molar-refractivity contribution in [2.45, 2.75) is 71.0 Å². The molecule has 2 aromatic carbocycles. The maximum absolute atomic E-state index is 12.1. The number of hydrogen-bond acceptors (Lipinski definition) is 12. The quantitative estimate of drug-likeness (QED) is 0.236. The fourth-order valence-corrected chi connectivity index (χ4v) is 4.73. The van der Waals surface area contributed by atoms with E-state index in [0.717, 1.165) is 25.0 Å². The summed E-state index contributed by atoms with van der Waals surface area (Å²) >= 11 is 0. The van der Waals surface area contributed by atoms with Crippen LogP contribution in [0.2, 0.25) is 0 Å². The average molecular weight is 596 g/mol. The fourth-order valence-electron chi connectivity index (χ4n) is 4.73. The van der Waals surface area contributed by atoms with Crippen molar-refractivity contribution in [1.29, 1.82) is 0 Å². The molecule has 1 aromatic heterocycles. The first-order valence-corrected chi connectivity index (χ1v) is 13.5. The first kappa shape index (κ1) is 31.3. The Kier molecular flexibility index (Phi) is 10.6. The largest absolute Gasteiger partial charge is 0.463 e. The minimum atomic E-state index is -1.32. The number of hydrogen-bond donors (Lipinski definition) is 0. The Labute approximate surface area is 248 Å². The highest BCUT2D eigenvalue weighted by molar-refractivity contribution is 5.68. The van der Waals surface area contributed by atoms with Crippen LogP contribution in [-0.2, 0) is 54.2 Å². The maximum Gasteiger partial charge on any atom is 0.303 e. The standard InChI is InChI=1S/C30H33N3O10/c1-18(34)38-17-25-27(40-19(2)35)28(41-20(3)36)29(42-21(4)37)30(43-25)33-15-24(31-32-33)16-39-26(22-11-7-5-8-12-22)23-13-9-6-10-14-23/h5-15,25-30H,16-17H2,1-4H3/t25-,27-,28+,29-,30+/m1/s1. The molecule has 0 aliphatic carbocycles. The molecule has 0 radical (unpaired) electrons. The minimum absolute atomic E-state index is 0.0553. The van der Waals surface area contributed by atoms with Crippen LogP contribution in [0.4, 0.5) is 0 Å². The third-order valence-corrected chi connectivity index (χ3v) is 6.39. The number of rotatable bonds is 11. The Balaban J connectivity index is 1.63. The Hall–Kier alpha value is -4.62. The lowest BCUT2D eigenvalue weighted by atomic mass is 9.97. The number of aromatic nitrogens is 3. The van der Waals surface area contributed by atoms with Crippen molar-refractivity contribution in [1.82, 2.24) is 15.0 Å². The summed E-state index contributed by atoms with van der Waals surface area (Å²) < 4.78 is 35.3. The van der Waals surface area contributed by atoms with Gasteiger partial charge in [-0.1, -0.05) is 65.9 Å². The van der Waals surface area contributed by atoms with Crippen LogP contribution in [0.5, 0.6) is 0 Å². The summed E-state index contributed by atoms with van der Waals surface area (Å²) in [6, 6.07) is 19.4. The van der Waals surface area contributed by atoms with Gasteiger partial charge in [-0.25, -0.2) is 4.68 Å². The Morgan fingerprint density at radius 1 is 0.767 bits per heavy atom. The molecule has 13 heteroatoms. The van der Waals surface area contributed by atoms with E-state index in [1.54, 1.807) is 0 Å². The van der Waals surface area contributed by atoms with Gasteiger partial charge >= 0.3 is 23.9 Å². The normalized spacial score (nSPS) is 21.6. The van der Waals surface area contributed by atoms with E-state index in [9.17, 15) is 19.2 Å². The summed E-state index contributed by atoms with van der Waals surface area (Å²) in [5.74, 6) is -2.77. The van der Waals surface area contributed by atoms with E-state index in [4.69, 9.17) is 28.4 Å². The lowest BCUT2D eigenvalue weighted by Crippen LogP contribution is -2.60. The van der Waals surface area contributed by atoms with Crippen molar-refractivity contribution in [3.8, 4) is 0 Å². The molecule has 1 aliphatic heterocycles. The van der Waals surface area contributed by atoms with E-state index in [1.807, 2.05) is 60.7 Å². The van der Waals surface area contributed by atoms with Gasteiger partial charge in [-0.05, 0) is 11.1 Å². The van der Waals surface area contributed by atoms with E-state index in [-0.39, 0.29) is 13.2 Å². The second-order valence-electron chi connectivity index (χ2n) is 9.79. The van der Waals surface area contributed by atoms with Crippen molar-refractivity contribution in [3.05, 3.63) is 83.7 Å². The molecule has 1 aliphatic rings. The molecule has 2 heterocycles. The first-order chi connectivity index (χ1) is 20.6. The van der Waals surface area contributed by atoms with Gasteiger partial charge in [0.2, 0.25) is 0 Å². The van der Waals surface area contributed by atoms with Crippen molar-refractivity contribution in [2.24, 2.45) is 0 Å². The van der Waals surface area contributed by atoms with Crippen molar-refractivity contribution < 1.29 is 47.6 Å². The molecule has 43 heavy (non-hydrogen) atoms. The number of esters is 4. The van der Waals surface area contributed by atoms with Gasteiger partial charge in [0.1, 0.15) is 24.5 Å². The van der Waals surface area contributed by atoms with Gasteiger partial charge in [-0.3, -0.25) is 19.2 Å². The highest BCUT2D eigenvalue weighted by Crippen LogP contribution is 2.35. The summed E-state index contributed by atoms with van der Waals surface area (Å²) in [6.45, 7) is 4.38. The SMILES string of the molecule is CC(=O)OC[C@H]1O[C@H](n2cc(COC(c3ccccc3)c3ccccc3)nn2)[C@H](OC(C)=O)[C@@H](OC(C)=O)[C@@H]1OC(C)=O. The number of carbonyl (C=O) groups excluding carboxylic acids is 4. The monoisotopic (exact) mass is 595 g/mol. The van der Waals surface area contributed by atoms with Crippen LogP contribution in [-0.4, -0.2) is 69.9 Å². The Morgan fingerprint density at radius 3 is 1.84 bits per heavy atom. The van der Waals surface area contributed by atoms with Crippen LogP contribution in [0, 0.1) is 0 Å². The van der Waals surface area contributed by atoms with Gasteiger partial charge in [0.15, 0.2) is 24.5 Å². The molecule has 0 spiro atoms. The Bertz CT molecular complexity index is 1360. The molecule has 1 fully saturated rings. The lowest BCUT2D eigenvalue weighted by Gasteiger charge is -2.44. The molecular formula is C30H33N3O10. The lowest BCUT2D eigenvalue weighted by molar-refractivity contribution is -0.270. The summed E-state index contributed by atoms with van der Waals surface area (Å²) in [7, 11) is 0. The second-order valence-corrected chi connectivity index (χ2v) is 9.79. The predicted molar refractivity (Wildman–Crippen MR) is 147 cm³/mol. The van der Waals surface area contributed by atoms with Crippen molar-refractivity contribution >= 4 is 23.9 Å².